The molecule has 0 spiro atoms. The first kappa shape index (κ1) is 21.0. The van der Waals surface area contributed by atoms with Crippen molar-refractivity contribution in [2.45, 2.75) is 63.6 Å². The molecule has 4 fully saturated rings. The van der Waals surface area contributed by atoms with E-state index in [1.54, 1.807) is 9.80 Å². The van der Waals surface area contributed by atoms with Gasteiger partial charge in [0.15, 0.2) is 6.61 Å². The molecule has 3 saturated heterocycles. The fraction of sp³-hybridized carbons (Fsp3) is 0.833. The normalized spacial score (nSPS) is 31.6. The Morgan fingerprint density at radius 3 is 2.54 bits per heavy atom. The minimum absolute atomic E-state index is 0.0325. The van der Waals surface area contributed by atoms with Crippen LogP contribution >= 0.6 is 0 Å². The van der Waals surface area contributed by atoms with E-state index >= 15 is 0 Å². The van der Waals surface area contributed by atoms with Gasteiger partial charge >= 0.3 is 6.09 Å². The second-order valence-electron chi connectivity index (χ2n) is 7.63. The van der Waals surface area contributed by atoms with E-state index in [-0.39, 0.29) is 31.3 Å². The van der Waals surface area contributed by atoms with Crippen LogP contribution in [0, 0.1) is 0 Å². The number of sulfonamides is 1. The average molecular weight is 416 g/mol. The smallest absolute Gasteiger partial charge is 0.410 e. The highest BCUT2D eigenvalue weighted by molar-refractivity contribution is 7.89. The van der Waals surface area contributed by atoms with Crippen LogP contribution in [-0.4, -0.2) is 86.7 Å². The molecule has 1 atom stereocenters. The molecule has 4 aliphatic rings. The summed E-state index contributed by atoms with van der Waals surface area (Å²) in [5.41, 5.74) is 0.437. The lowest BCUT2D eigenvalue weighted by molar-refractivity contribution is -0.137. The Kier molecular flexibility index (Phi) is 6.59. The minimum Gasteiger partial charge on any atom is -0.439 e. The summed E-state index contributed by atoms with van der Waals surface area (Å²) in [7, 11) is -3.58. The van der Waals surface area contributed by atoms with Gasteiger partial charge in [-0.1, -0.05) is 0 Å². The second kappa shape index (κ2) is 8.77. The van der Waals surface area contributed by atoms with E-state index in [1.807, 2.05) is 6.92 Å². The number of hydrogen-bond donors (Lipinski definition) is 0. The van der Waals surface area contributed by atoms with Crippen LogP contribution in [0.5, 0.6) is 0 Å². The fourth-order valence-electron chi connectivity index (χ4n) is 4.31. The molecule has 0 aromatic carbocycles. The lowest BCUT2D eigenvalue weighted by atomic mass is 9.92. The van der Waals surface area contributed by atoms with Gasteiger partial charge < -0.3 is 19.3 Å². The summed E-state index contributed by atoms with van der Waals surface area (Å²) < 4.78 is 38.7. The molecule has 2 bridgehead atoms. The van der Waals surface area contributed by atoms with Gasteiger partial charge in [0.05, 0.1) is 30.7 Å². The highest BCUT2D eigenvalue weighted by atomic mass is 32.2. The van der Waals surface area contributed by atoms with Crippen molar-refractivity contribution in [3.8, 4) is 0 Å². The van der Waals surface area contributed by atoms with Gasteiger partial charge in [-0.05, 0) is 45.4 Å². The quantitative estimate of drug-likeness (QED) is 0.670. The Balaban J connectivity index is 1.87. The van der Waals surface area contributed by atoms with Crippen molar-refractivity contribution in [2.24, 2.45) is 4.40 Å². The van der Waals surface area contributed by atoms with Crippen LogP contribution in [0.3, 0.4) is 0 Å². The fourth-order valence-corrected chi connectivity index (χ4v) is 4.95. The number of carbonyl (C=O) groups excluding carboxylic acids is 2. The van der Waals surface area contributed by atoms with Gasteiger partial charge in [0.1, 0.15) is 0 Å². The largest absolute Gasteiger partial charge is 0.439 e. The number of piperidine rings is 1. The van der Waals surface area contributed by atoms with Gasteiger partial charge in [-0.25, -0.2) is 13.2 Å². The molecular formula is C18H29N3O6S. The molecule has 4 rings (SSSR count). The van der Waals surface area contributed by atoms with Crippen molar-refractivity contribution in [3.05, 3.63) is 0 Å². The molecule has 3 heterocycles. The van der Waals surface area contributed by atoms with Gasteiger partial charge in [0, 0.05) is 19.1 Å². The summed E-state index contributed by atoms with van der Waals surface area (Å²) in [4.78, 5) is 28.5. The first-order valence-electron chi connectivity index (χ1n) is 9.91. The number of carbonyl (C=O) groups is 2. The van der Waals surface area contributed by atoms with Crippen molar-refractivity contribution in [3.63, 3.8) is 0 Å². The SMILES string of the molecule is CCN1C(=O)OCC(=O)N2CCC/C(=N\S(C)(=O)=O)C2COC2CCC1CC2. The summed E-state index contributed by atoms with van der Waals surface area (Å²) in [5, 5.41) is 0. The molecule has 1 aliphatic carbocycles. The van der Waals surface area contributed by atoms with Gasteiger partial charge in [0.2, 0.25) is 10.0 Å². The maximum Gasteiger partial charge on any atom is 0.410 e. The zero-order valence-electron chi connectivity index (χ0n) is 16.5. The van der Waals surface area contributed by atoms with Crippen LogP contribution in [-0.2, 0) is 24.3 Å². The van der Waals surface area contributed by atoms with E-state index in [0.29, 0.717) is 31.6 Å². The Bertz CT molecular complexity index is 730. The van der Waals surface area contributed by atoms with E-state index in [9.17, 15) is 18.0 Å². The number of nitrogens with zero attached hydrogens (tertiary/aromatic N) is 3. The van der Waals surface area contributed by atoms with E-state index < -0.39 is 22.2 Å². The summed E-state index contributed by atoms with van der Waals surface area (Å²) in [6, 6.07) is -0.450. The zero-order valence-corrected chi connectivity index (χ0v) is 17.3. The van der Waals surface area contributed by atoms with Crippen LogP contribution in [0.25, 0.3) is 0 Å². The molecule has 1 saturated carbocycles. The highest BCUT2D eigenvalue weighted by Crippen LogP contribution is 2.27. The topological polar surface area (TPSA) is 106 Å². The molecule has 0 N–H and O–H groups in total. The molecule has 0 aromatic heterocycles. The molecule has 0 radical (unpaired) electrons. The molecule has 0 aromatic rings. The average Bonchev–Trinajstić information content (AvgIpc) is 2.66. The molecule has 10 heteroatoms. The Hall–Kier alpha value is -1.68. The van der Waals surface area contributed by atoms with Gasteiger partial charge in [-0.2, -0.15) is 4.40 Å². The number of fused-ring (bicyclic) bond motifs is 7. The van der Waals surface area contributed by atoms with E-state index in [2.05, 4.69) is 4.40 Å². The van der Waals surface area contributed by atoms with Gasteiger partial charge in [0.25, 0.3) is 5.91 Å². The molecule has 9 nitrogen and oxygen atoms in total. The molecule has 1 unspecified atom stereocenters. The monoisotopic (exact) mass is 415 g/mol. The van der Waals surface area contributed by atoms with Crippen molar-refractivity contribution >= 4 is 27.7 Å². The second-order valence-corrected chi connectivity index (χ2v) is 9.28. The van der Waals surface area contributed by atoms with Crippen molar-refractivity contribution in [1.29, 1.82) is 0 Å². The predicted octanol–water partition coefficient (Wildman–Crippen LogP) is 1.18. The third kappa shape index (κ3) is 5.02. The van der Waals surface area contributed by atoms with Gasteiger partial charge in [-0.3, -0.25) is 4.79 Å². The Labute approximate surface area is 166 Å². The number of hydrogen-bond acceptors (Lipinski definition) is 6. The minimum atomic E-state index is -3.58. The van der Waals surface area contributed by atoms with Crippen LogP contribution in [0.15, 0.2) is 4.40 Å². The Morgan fingerprint density at radius 1 is 1.18 bits per heavy atom. The standard InChI is InChI=1S/C18H29N3O6S/c1-3-20-13-6-8-14(9-7-13)26-11-16-15(19-28(2,24)25)5-4-10-21(16)17(22)12-27-18(20)23/h13-14,16H,3-12H2,1-2H3/b19-15+. The molecule has 3 aliphatic heterocycles. The summed E-state index contributed by atoms with van der Waals surface area (Å²) in [5.74, 6) is -0.356. The van der Waals surface area contributed by atoms with E-state index in [4.69, 9.17) is 9.47 Å². The maximum atomic E-state index is 12.8. The van der Waals surface area contributed by atoms with Crippen LogP contribution in [0.2, 0.25) is 0 Å². The van der Waals surface area contributed by atoms with Crippen LogP contribution < -0.4 is 0 Å². The van der Waals surface area contributed by atoms with Crippen LogP contribution in [0.1, 0.15) is 45.4 Å². The number of amides is 2. The number of ether oxygens (including phenoxy) is 2. The molecule has 2 amide bonds. The van der Waals surface area contributed by atoms with Crippen LogP contribution in [0.4, 0.5) is 4.79 Å². The van der Waals surface area contributed by atoms with Crippen molar-refractivity contribution in [2.75, 3.05) is 32.6 Å². The lowest BCUT2D eigenvalue weighted by Gasteiger charge is -2.37. The van der Waals surface area contributed by atoms with E-state index in [0.717, 1.165) is 31.9 Å². The molecule has 158 valence electrons. The summed E-state index contributed by atoms with van der Waals surface area (Å²) in [6.45, 7) is 2.73. The zero-order chi connectivity index (χ0) is 20.3. The van der Waals surface area contributed by atoms with Crippen molar-refractivity contribution < 1.29 is 27.5 Å². The highest BCUT2D eigenvalue weighted by Gasteiger charge is 2.36. The third-order valence-electron chi connectivity index (χ3n) is 5.66. The van der Waals surface area contributed by atoms with E-state index in [1.165, 1.54) is 0 Å². The Morgan fingerprint density at radius 2 is 1.89 bits per heavy atom. The summed E-state index contributed by atoms with van der Waals surface area (Å²) >= 11 is 0. The third-order valence-corrected chi connectivity index (χ3v) is 6.23. The maximum absolute atomic E-state index is 12.8. The predicted molar refractivity (Wildman–Crippen MR) is 103 cm³/mol. The summed E-state index contributed by atoms with van der Waals surface area (Å²) in [6.07, 6.45) is 4.98. The number of rotatable bonds is 2. The van der Waals surface area contributed by atoms with Gasteiger partial charge in [-0.15, -0.1) is 0 Å². The lowest BCUT2D eigenvalue weighted by Crippen LogP contribution is -2.53. The first-order chi connectivity index (χ1) is 13.3. The first-order valence-corrected chi connectivity index (χ1v) is 11.8. The molecule has 28 heavy (non-hydrogen) atoms. The molecular weight excluding hydrogens is 386 g/mol. The van der Waals surface area contributed by atoms with Crippen molar-refractivity contribution in [1.82, 2.24) is 9.80 Å².